The van der Waals surface area contributed by atoms with Gasteiger partial charge >= 0.3 is 0 Å². The van der Waals surface area contributed by atoms with E-state index in [0.717, 1.165) is 24.7 Å². The highest BCUT2D eigenvalue weighted by Gasteiger charge is 2.65. The number of fused-ring (bicyclic) bond motifs is 2. The summed E-state index contributed by atoms with van der Waals surface area (Å²) in [6.07, 6.45) is 4.38. The average molecular weight is 304 g/mol. The zero-order valence-electron chi connectivity index (χ0n) is 15.1. The first-order chi connectivity index (χ1) is 10.2. The van der Waals surface area contributed by atoms with Gasteiger partial charge in [0.25, 0.3) is 0 Å². The zero-order chi connectivity index (χ0) is 16.4. The Bertz CT molecular complexity index is 460. The van der Waals surface area contributed by atoms with E-state index in [1.807, 2.05) is 0 Å². The average Bonchev–Trinajstić information content (AvgIpc) is 3.29. The predicted molar refractivity (Wildman–Crippen MR) is 88.3 cm³/mol. The Balaban J connectivity index is 0.000000131. The molecule has 6 atom stereocenters. The maximum atomic E-state index is 11.3. The van der Waals surface area contributed by atoms with E-state index < -0.39 is 0 Å². The molecular weight excluding hydrogens is 272 g/mol. The molecule has 4 saturated carbocycles. The first kappa shape index (κ1) is 16.2. The van der Waals surface area contributed by atoms with Gasteiger partial charge in [-0.2, -0.15) is 0 Å². The second-order valence-electron chi connectivity index (χ2n) is 9.26. The molecule has 2 nitrogen and oxygen atoms in total. The van der Waals surface area contributed by atoms with E-state index in [0.29, 0.717) is 46.1 Å². The summed E-state index contributed by atoms with van der Waals surface area (Å²) in [6, 6.07) is 0. The number of Topliss-reactive ketones (excluding diaryl/α,β-unsaturated/α-hetero) is 2. The quantitative estimate of drug-likeness (QED) is 0.752. The molecule has 0 unspecified atom stereocenters. The van der Waals surface area contributed by atoms with E-state index in [4.69, 9.17) is 0 Å². The minimum Gasteiger partial charge on any atom is -0.299 e. The Labute approximate surface area is 135 Å². The molecule has 0 heterocycles. The highest BCUT2D eigenvalue weighted by Crippen LogP contribution is 2.69. The van der Waals surface area contributed by atoms with Crippen molar-refractivity contribution in [3.63, 3.8) is 0 Å². The minimum absolute atomic E-state index is 0.373. The molecule has 0 aromatic rings. The molecule has 22 heavy (non-hydrogen) atoms. The van der Waals surface area contributed by atoms with Crippen LogP contribution >= 0.6 is 0 Å². The molecule has 124 valence electrons. The van der Waals surface area contributed by atoms with Gasteiger partial charge in [0.1, 0.15) is 11.6 Å². The lowest BCUT2D eigenvalue weighted by atomic mass is 9.90. The van der Waals surface area contributed by atoms with Gasteiger partial charge in [0.2, 0.25) is 0 Å². The van der Waals surface area contributed by atoms with Crippen molar-refractivity contribution in [2.24, 2.45) is 46.3 Å². The third-order valence-corrected chi connectivity index (χ3v) is 7.89. The molecule has 4 aliphatic rings. The van der Waals surface area contributed by atoms with Crippen LogP contribution in [0.3, 0.4) is 0 Å². The van der Waals surface area contributed by atoms with Gasteiger partial charge in [0.05, 0.1) is 0 Å². The first-order valence-electron chi connectivity index (χ1n) is 9.21. The standard InChI is InChI=1S/2C10H16O/c2*1-6(2)10-4-8(10)7(3)9(11)5-10/h2*6-8H,4-5H2,1-3H3/t2*7-,8-,10+/m11/s1. The lowest BCUT2D eigenvalue weighted by Gasteiger charge is -2.14. The van der Waals surface area contributed by atoms with Crippen LogP contribution in [0.2, 0.25) is 0 Å². The molecule has 0 aliphatic heterocycles. The molecule has 4 rings (SSSR count). The van der Waals surface area contributed by atoms with Crippen LogP contribution < -0.4 is 0 Å². The Morgan fingerprint density at radius 3 is 1.23 bits per heavy atom. The summed E-state index contributed by atoms with van der Waals surface area (Å²) in [6.45, 7) is 13.2. The Morgan fingerprint density at radius 2 is 1.09 bits per heavy atom. The molecule has 0 aromatic carbocycles. The lowest BCUT2D eigenvalue weighted by Crippen LogP contribution is -2.10. The van der Waals surface area contributed by atoms with E-state index in [9.17, 15) is 9.59 Å². The number of carbonyl (C=O) groups is 2. The Morgan fingerprint density at radius 1 is 0.773 bits per heavy atom. The monoisotopic (exact) mass is 304 g/mol. The van der Waals surface area contributed by atoms with E-state index in [1.54, 1.807) is 0 Å². The highest BCUT2D eigenvalue weighted by atomic mass is 16.1. The van der Waals surface area contributed by atoms with Crippen LogP contribution in [0.1, 0.15) is 67.2 Å². The predicted octanol–water partition coefficient (Wildman–Crippen LogP) is 4.52. The topological polar surface area (TPSA) is 34.1 Å². The molecule has 0 saturated heterocycles. The number of hydrogen-bond donors (Lipinski definition) is 0. The van der Waals surface area contributed by atoms with Gasteiger partial charge in [0, 0.05) is 24.7 Å². The van der Waals surface area contributed by atoms with Gasteiger partial charge in [-0.25, -0.2) is 0 Å². The van der Waals surface area contributed by atoms with Crippen LogP contribution in [0.15, 0.2) is 0 Å². The fraction of sp³-hybridized carbons (Fsp3) is 0.900. The summed E-state index contributed by atoms with van der Waals surface area (Å²) in [4.78, 5) is 22.6. The molecule has 0 amide bonds. The molecule has 0 spiro atoms. The lowest BCUT2D eigenvalue weighted by molar-refractivity contribution is -0.122. The van der Waals surface area contributed by atoms with Crippen molar-refractivity contribution in [1.29, 1.82) is 0 Å². The highest BCUT2D eigenvalue weighted by molar-refractivity contribution is 5.86. The molecule has 2 heteroatoms. The second-order valence-corrected chi connectivity index (χ2v) is 9.26. The van der Waals surface area contributed by atoms with Crippen LogP contribution in [-0.4, -0.2) is 11.6 Å². The van der Waals surface area contributed by atoms with Crippen molar-refractivity contribution >= 4 is 11.6 Å². The van der Waals surface area contributed by atoms with Crippen molar-refractivity contribution < 1.29 is 9.59 Å². The van der Waals surface area contributed by atoms with Crippen molar-refractivity contribution in [3.8, 4) is 0 Å². The van der Waals surface area contributed by atoms with Crippen molar-refractivity contribution in [2.45, 2.75) is 67.2 Å². The molecule has 4 fully saturated rings. The third-order valence-electron chi connectivity index (χ3n) is 7.89. The van der Waals surface area contributed by atoms with Gasteiger partial charge < -0.3 is 0 Å². The fourth-order valence-electron chi connectivity index (χ4n) is 5.61. The van der Waals surface area contributed by atoms with Crippen LogP contribution in [-0.2, 0) is 9.59 Å². The molecule has 0 N–H and O–H groups in total. The van der Waals surface area contributed by atoms with Crippen molar-refractivity contribution in [1.82, 2.24) is 0 Å². The van der Waals surface area contributed by atoms with Gasteiger partial charge in [-0.15, -0.1) is 0 Å². The van der Waals surface area contributed by atoms with Crippen LogP contribution in [0, 0.1) is 46.3 Å². The van der Waals surface area contributed by atoms with Gasteiger partial charge in [-0.3, -0.25) is 9.59 Å². The zero-order valence-corrected chi connectivity index (χ0v) is 15.1. The largest absolute Gasteiger partial charge is 0.299 e. The second kappa shape index (κ2) is 4.92. The van der Waals surface area contributed by atoms with Gasteiger partial charge in [0.15, 0.2) is 0 Å². The Hall–Kier alpha value is -0.660. The number of ketones is 2. The van der Waals surface area contributed by atoms with Gasteiger partial charge in [-0.05, 0) is 47.3 Å². The normalized spacial score (nSPS) is 48.2. The number of hydrogen-bond acceptors (Lipinski definition) is 2. The fourth-order valence-corrected chi connectivity index (χ4v) is 5.61. The van der Waals surface area contributed by atoms with E-state index in [2.05, 4.69) is 41.5 Å². The maximum Gasteiger partial charge on any atom is 0.136 e. The number of rotatable bonds is 2. The summed E-state index contributed by atoms with van der Waals surface area (Å²) in [5.41, 5.74) is 0.910. The number of carbonyl (C=O) groups excluding carboxylic acids is 2. The van der Waals surface area contributed by atoms with E-state index in [-0.39, 0.29) is 0 Å². The smallest absolute Gasteiger partial charge is 0.136 e. The third kappa shape index (κ3) is 2.12. The van der Waals surface area contributed by atoms with Crippen molar-refractivity contribution in [2.75, 3.05) is 0 Å². The summed E-state index contributed by atoms with van der Waals surface area (Å²) in [5.74, 6) is 4.67. The molecule has 0 aromatic heterocycles. The Kier molecular flexibility index (Phi) is 3.62. The van der Waals surface area contributed by atoms with Gasteiger partial charge in [-0.1, -0.05) is 41.5 Å². The summed E-state index contributed by atoms with van der Waals surface area (Å²) in [5, 5.41) is 0. The minimum atomic E-state index is 0.373. The van der Waals surface area contributed by atoms with Crippen LogP contribution in [0.25, 0.3) is 0 Å². The van der Waals surface area contributed by atoms with Crippen molar-refractivity contribution in [3.05, 3.63) is 0 Å². The van der Waals surface area contributed by atoms with Crippen LogP contribution in [0.4, 0.5) is 0 Å². The maximum absolute atomic E-state index is 11.3. The van der Waals surface area contributed by atoms with Crippen LogP contribution in [0.5, 0.6) is 0 Å². The summed E-state index contributed by atoms with van der Waals surface area (Å²) in [7, 11) is 0. The van der Waals surface area contributed by atoms with E-state index in [1.165, 1.54) is 12.8 Å². The summed E-state index contributed by atoms with van der Waals surface area (Å²) >= 11 is 0. The SMILES string of the molecule is CC(C)[C@]12CC(=O)[C@H](C)[C@H]1C2.CC(C)[C@]12CC(=O)[C@H](C)[C@H]1C2. The first-order valence-corrected chi connectivity index (χ1v) is 9.21. The molecule has 0 bridgehead atoms. The summed E-state index contributed by atoms with van der Waals surface area (Å²) < 4.78 is 0. The molecule has 4 aliphatic carbocycles. The van der Waals surface area contributed by atoms with E-state index >= 15 is 0 Å². The molecule has 0 radical (unpaired) electrons. The molecular formula is C20H32O2.